The number of carbonyl (C=O) groups is 1. The fourth-order valence-corrected chi connectivity index (χ4v) is 5.00. The molecule has 1 aromatic rings. The van der Waals surface area contributed by atoms with Gasteiger partial charge in [-0.05, 0) is 24.8 Å². The molecule has 0 spiro atoms. The SMILES string of the molecule is CCCNC(=O)C(C)N1CCN(S(=O)(=O)c2cccs2)CC1. The fourth-order valence-electron chi connectivity index (χ4n) is 2.43. The molecular formula is C14H23N3O3S2. The van der Waals surface area contributed by atoms with Gasteiger partial charge < -0.3 is 5.32 Å². The van der Waals surface area contributed by atoms with E-state index in [9.17, 15) is 13.2 Å². The van der Waals surface area contributed by atoms with Gasteiger partial charge in [0.15, 0.2) is 0 Å². The van der Waals surface area contributed by atoms with E-state index < -0.39 is 10.0 Å². The summed E-state index contributed by atoms with van der Waals surface area (Å²) in [6.07, 6.45) is 0.908. The molecule has 0 bridgehead atoms. The van der Waals surface area contributed by atoms with Gasteiger partial charge in [0.1, 0.15) is 4.21 Å². The van der Waals surface area contributed by atoms with Crippen molar-refractivity contribution in [2.24, 2.45) is 0 Å². The molecule has 1 unspecified atom stereocenters. The van der Waals surface area contributed by atoms with Crippen molar-refractivity contribution < 1.29 is 13.2 Å². The molecule has 124 valence electrons. The number of sulfonamides is 1. The predicted octanol–water partition coefficient (Wildman–Crippen LogP) is 0.969. The van der Waals surface area contributed by atoms with Gasteiger partial charge >= 0.3 is 0 Å². The Kier molecular flexibility index (Phi) is 5.96. The Morgan fingerprint density at radius 1 is 1.36 bits per heavy atom. The second-order valence-electron chi connectivity index (χ2n) is 5.34. The molecule has 8 heteroatoms. The smallest absolute Gasteiger partial charge is 0.252 e. The minimum absolute atomic E-state index is 0.0106. The fraction of sp³-hybridized carbons (Fsp3) is 0.643. The van der Waals surface area contributed by atoms with Crippen molar-refractivity contribution >= 4 is 27.3 Å². The van der Waals surface area contributed by atoms with Crippen molar-refractivity contribution in [1.82, 2.24) is 14.5 Å². The minimum atomic E-state index is -3.38. The Labute approximate surface area is 136 Å². The highest BCUT2D eigenvalue weighted by Gasteiger charge is 2.32. The van der Waals surface area contributed by atoms with E-state index in [4.69, 9.17) is 0 Å². The summed E-state index contributed by atoms with van der Waals surface area (Å²) in [4.78, 5) is 14.0. The lowest BCUT2D eigenvalue weighted by Gasteiger charge is -2.36. The Bertz CT molecular complexity index is 578. The first-order valence-corrected chi connectivity index (χ1v) is 9.84. The summed E-state index contributed by atoms with van der Waals surface area (Å²) in [7, 11) is -3.38. The summed E-state index contributed by atoms with van der Waals surface area (Å²) in [5, 5.41) is 4.65. The monoisotopic (exact) mass is 345 g/mol. The van der Waals surface area contributed by atoms with E-state index in [0.717, 1.165) is 6.42 Å². The van der Waals surface area contributed by atoms with Crippen LogP contribution in [0.25, 0.3) is 0 Å². The van der Waals surface area contributed by atoms with Crippen molar-refractivity contribution in [2.45, 2.75) is 30.5 Å². The van der Waals surface area contributed by atoms with Gasteiger partial charge in [-0.25, -0.2) is 8.42 Å². The van der Waals surface area contributed by atoms with Crippen molar-refractivity contribution in [3.05, 3.63) is 17.5 Å². The van der Waals surface area contributed by atoms with Crippen LogP contribution in [0, 0.1) is 0 Å². The van der Waals surface area contributed by atoms with Crippen LogP contribution in [-0.4, -0.2) is 62.3 Å². The van der Waals surface area contributed by atoms with E-state index >= 15 is 0 Å². The Morgan fingerprint density at radius 3 is 2.59 bits per heavy atom. The summed E-state index contributed by atoms with van der Waals surface area (Å²) in [6, 6.07) is 3.15. The van der Waals surface area contributed by atoms with Crippen LogP contribution in [0.2, 0.25) is 0 Å². The Morgan fingerprint density at radius 2 is 2.05 bits per heavy atom. The highest BCUT2D eigenvalue weighted by atomic mass is 32.2. The van der Waals surface area contributed by atoms with Crippen molar-refractivity contribution in [3.8, 4) is 0 Å². The molecule has 1 saturated heterocycles. The first kappa shape index (κ1) is 17.4. The summed E-state index contributed by atoms with van der Waals surface area (Å²) >= 11 is 1.24. The Hall–Kier alpha value is -0.960. The van der Waals surface area contributed by atoms with E-state index in [1.165, 1.54) is 15.6 Å². The molecule has 1 amide bonds. The van der Waals surface area contributed by atoms with Gasteiger partial charge in [-0.2, -0.15) is 4.31 Å². The predicted molar refractivity (Wildman–Crippen MR) is 87.4 cm³/mol. The number of rotatable bonds is 6. The maximum atomic E-state index is 12.4. The second-order valence-corrected chi connectivity index (χ2v) is 8.45. The number of thiophene rings is 1. The highest BCUT2D eigenvalue weighted by molar-refractivity contribution is 7.91. The van der Waals surface area contributed by atoms with Crippen LogP contribution in [0.3, 0.4) is 0 Å². The number of carbonyl (C=O) groups excluding carboxylic acids is 1. The number of nitrogens with zero attached hydrogens (tertiary/aromatic N) is 2. The molecule has 2 rings (SSSR count). The lowest BCUT2D eigenvalue weighted by atomic mass is 10.2. The molecule has 0 radical (unpaired) electrons. The molecule has 0 aliphatic carbocycles. The molecule has 1 N–H and O–H groups in total. The van der Waals surface area contributed by atoms with Crippen LogP contribution in [0.5, 0.6) is 0 Å². The zero-order valence-corrected chi connectivity index (χ0v) is 14.6. The van der Waals surface area contributed by atoms with Crippen LogP contribution in [0.15, 0.2) is 21.7 Å². The first-order chi connectivity index (χ1) is 10.5. The van der Waals surface area contributed by atoms with Crippen LogP contribution in [0.4, 0.5) is 0 Å². The standard InChI is InChI=1S/C14H23N3O3S2/c1-3-6-15-14(18)12(2)16-7-9-17(10-8-16)22(19,20)13-5-4-11-21-13/h4-5,11-12H,3,6-10H2,1-2H3,(H,15,18). The first-order valence-electron chi connectivity index (χ1n) is 7.52. The van der Waals surface area contributed by atoms with Crippen molar-refractivity contribution in [1.29, 1.82) is 0 Å². The molecule has 1 aliphatic rings. The molecule has 1 atom stereocenters. The molecule has 0 saturated carbocycles. The lowest BCUT2D eigenvalue weighted by molar-refractivity contribution is -0.126. The summed E-state index contributed by atoms with van der Waals surface area (Å²) in [5.41, 5.74) is 0. The van der Waals surface area contributed by atoms with Gasteiger partial charge in [0, 0.05) is 32.7 Å². The van der Waals surface area contributed by atoms with Crippen LogP contribution in [-0.2, 0) is 14.8 Å². The molecule has 6 nitrogen and oxygen atoms in total. The van der Waals surface area contributed by atoms with E-state index in [0.29, 0.717) is 36.9 Å². The van der Waals surface area contributed by atoms with Gasteiger partial charge in [0.05, 0.1) is 6.04 Å². The summed E-state index contributed by atoms with van der Waals surface area (Å²) in [6.45, 7) is 6.55. The average Bonchev–Trinajstić information content (AvgIpc) is 3.07. The van der Waals surface area contributed by atoms with Crippen LogP contribution < -0.4 is 5.32 Å². The van der Waals surface area contributed by atoms with Gasteiger partial charge in [0.2, 0.25) is 5.91 Å². The van der Waals surface area contributed by atoms with Crippen molar-refractivity contribution in [3.63, 3.8) is 0 Å². The maximum absolute atomic E-state index is 12.4. The third-order valence-corrected chi connectivity index (χ3v) is 7.11. The number of hydrogen-bond donors (Lipinski definition) is 1. The molecule has 2 heterocycles. The van der Waals surface area contributed by atoms with Gasteiger partial charge in [-0.15, -0.1) is 11.3 Å². The topological polar surface area (TPSA) is 69.7 Å². The molecule has 0 aromatic carbocycles. The normalized spacial score (nSPS) is 19.0. The van der Waals surface area contributed by atoms with Crippen LogP contribution >= 0.6 is 11.3 Å². The molecule has 22 heavy (non-hydrogen) atoms. The molecule has 1 fully saturated rings. The summed E-state index contributed by atoms with van der Waals surface area (Å²) in [5.74, 6) is 0.0106. The van der Waals surface area contributed by atoms with Gasteiger partial charge in [-0.1, -0.05) is 13.0 Å². The largest absolute Gasteiger partial charge is 0.355 e. The van der Waals surface area contributed by atoms with E-state index in [1.807, 2.05) is 18.7 Å². The van der Waals surface area contributed by atoms with Gasteiger partial charge in [-0.3, -0.25) is 9.69 Å². The van der Waals surface area contributed by atoms with E-state index in [-0.39, 0.29) is 11.9 Å². The zero-order chi connectivity index (χ0) is 16.2. The average molecular weight is 345 g/mol. The van der Waals surface area contributed by atoms with E-state index in [1.54, 1.807) is 17.5 Å². The van der Waals surface area contributed by atoms with Crippen LogP contribution in [0.1, 0.15) is 20.3 Å². The second kappa shape index (κ2) is 7.54. The minimum Gasteiger partial charge on any atom is -0.355 e. The number of nitrogens with one attached hydrogen (secondary N) is 1. The molecule has 1 aromatic heterocycles. The number of piperazine rings is 1. The number of hydrogen-bond acceptors (Lipinski definition) is 5. The zero-order valence-electron chi connectivity index (χ0n) is 13.0. The summed E-state index contributed by atoms with van der Waals surface area (Å²) < 4.78 is 26.8. The van der Waals surface area contributed by atoms with E-state index in [2.05, 4.69) is 5.32 Å². The number of amides is 1. The highest BCUT2D eigenvalue weighted by Crippen LogP contribution is 2.22. The third-order valence-electron chi connectivity index (χ3n) is 3.84. The Balaban J connectivity index is 1.92. The molecule has 1 aliphatic heterocycles. The molecular weight excluding hydrogens is 322 g/mol. The lowest BCUT2D eigenvalue weighted by Crippen LogP contribution is -2.54. The van der Waals surface area contributed by atoms with Gasteiger partial charge in [0.25, 0.3) is 10.0 Å². The maximum Gasteiger partial charge on any atom is 0.252 e. The quantitative estimate of drug-likeness (QED) is 0.834. The third kappa shape index (κ3) is 3.87. The van der Waals surface area contributed by atoms with Crippen molar-refractivity contribution in [2.75, 3.05) is 32.7 Å².